The van der Waals surface area contributed by atoms with Gasteiger partial charge in [-0.3, -0.25) is 9.48 Å². The number of rotatable bonds is 3. The zero-order valence-corrected chi connectivity index (χ0v) is 14.4. The number of aromatic nitrogens is 2. The van der Waals surface area contributed by atoms with Crippen LogP contribution in [0.4, 0.5) is 5.69 Å². The Morgan fingerprint density at radius 3 is 2.64 bits per heavy atom. The molecule has 0 N–H and O–H groups in total. The van der Waals surface area contributed by atoms with Gasteiger partial charge in [0.2, 0.25) is 0 Å². The van der Waals surface area contributed by atoms with Gasteiger partial charge in [-0.25, -0.2) is 0 Å². The largest absolute Gasteiger partial charge is 0.378 e. The third-order valence-electron chi connectivity index (χ3n) is 5.07. The molecule has 0 unspecified atom stereocenters. The highest BCUT2D eigenvalue weighted by molar-refractivity contribution is 5.94. The topological polar surface area (TPSA) is 50.6 Å². The van der Waals surface area contributed by atoms with Crippen LogP contribution >= 0.6 is 0 Å². The molecule has 132 valence electrons. The number of piperidine rings is 1. The van der Waals surface area contributed by atoms with E-state index in [0.29, 0.717) is 0 Å². The van der Waals surface area contributed by atoms with Crippen molar-refractivity contribution in [2.24, 2.45) is 0 Å². The normalized spacial score (nSPS) is 21.4. The monoisotopic (exact) mass is 340 g/mol. The van der Waals surface area contributed by atoms with Crippen LogP contribution in [-0.2, 0) is 4.74 Å². The summed E-state index contributed by atoms with van der Waals surface area (Å²) < 4.78 is 7.37. The number of hydrogen-bond donors (Lipinski definition) is 0. The number of anilines is 1. The van der Waals surface area contributed by atoms with E-state index in [9.17, 15) is 4.79 Å². The number of likely N-dealkylation sites (tertiary alicyclic amines) is 1. The molecule has 2 aromatic rings. The lowest BCUT2D eigenvalue weighted by Crippen LogP contribution is -2.41. The number of carbonyl (C=O) groups is 1. The van der Waals surface area contributed by atoms with Gasteiger partial charge in [0.15, 0.2) is 0 Å². The van der Waals surface area contributed by atoms with E-state index in [1.54, 1.807) is 6.20 Å². The lowest BCUT2D eigenvalue weighted by atomic mass is 10.0. The molecule has 3 heterocycles. The second-order valence-electron chi connectivity index (χ2n) is 6.68. The minimum absolute atomic E-state index is 0.116. The Labute approximate surface area is 148 Å². The van der Waals surface area contributed by atoms with Crippen LogP contribution in [0.25, 0.3) is 0 Å². The Morgan fingerprint density at radius 1 is 1.12 bits per heavy atom. The molecule has 1 aromatic heterocycles. The molecule has 2 aliphatic heterocycles. The van der Waals surface area contributed by atoms with Crippen LogP contribution in [0.1, 0.15) is 29.2 Å². The van der Waals surface area contributed by atoms with Crippen molar-refractivity contribution in [1.29, 1.82) is 0 Å². The molecule has 0 aliphatic carbocycles. The van der Waals surface area contributed by atoms with Crippen LogP contribution in [-0.4, -0.2) is 60.0 Å². The van der Waals surface area contributed by atoms with Gasteiger partial charge in [0.25, 0.3) is 5.91 Å². The number of amides is 1. The summed E-state index contributed by atoms with van der Waals surface area (Å²) in [6.45, 7) is 4.90. The highest BCUT2D eigenvalue weighted by Crippen LogP contribution is 2.23. The first-order valence-electron chi connectivity index (χ1n) is 9.02. The lowest BCUT2D eigenvalue weighted by molar-refractivity contribution is 0.0673. The van der Waals surface area contributed by atoms with Crippen LogP contribution in [0.3, 0.4) is 0 Å². The predicted octanol–water partition coefficient (Wildman–Crippen LogP) is 2.20. The van der Waals surface area contributed by atoms with Gasteiger partial charge in [-0.15, -0.1) is 0 Å². The molecule has 1 amide bonds. The highest BCUT2D eigenvalue weighted by atomic mass is 16.5. The maximum absolute atomic E-state index is 12.9. The second-order valence-corrected chi connectivity index (χ2v) is 6.68. The predicted molar refractivity (Wildman–Crippen MR) is 95.9 cm³/mol. The van der Waals surface area contributed by atoms with Crippen LogP contribution in [0.2, 0.25) is 0 Å². The van der Waals surface area contributed by atoms with Crippen molar-refractivity contribution in [3.63, 3.8) is 0 Å². The van der Waals surface area contributed by atoms with Crippen molar-refractivity contribution in [2.45, 2.75) is 18.9 Å². The van der Waals surface area contributed by atoms with Gasteiger partial charge in [-0.2, -0.15) is 5.10 Å². The molecule has 0 spiro atoms. The first kappa shape index (κ1) is 16.1. The summed E-state index contributed by atoms with van der Waals surface area (Å²) in [6, 6.07) is 10.2. The molecule has 6 heteroatoms. The van der Waals surface area contributed by atoms with Crippen molar-refractivity contribution in [2.75, 3.05) is 44.3 Å². The van der Waals surface area contributed by atoms with E-state index in [4.69, 9.17) is 4.74 Å². The summed E-state index contributed by atoms with van der Waals surface area (Å²) >= 11 is 0. The first-order chi connectivity index (χ1) is 12.3. The number of hydrogen-bond acceptors (Lipinski definition) is 4. The number of nitrogens with zero attached hydrogens (tertiary/aromatic N) is 4. The minimum atomic E-state index is 0.116. The van der Waals surface area contributed by atoms with Gasteiger partial charge in [0.05, 0.1) is 19.3 Å². The third kappa shape index (κ3) is 3.54. The van der Waals surface area contributed by atoms with Gasteiger partial charge >= 0.3 is 0 Å². The Morgan fingerprint density at radius 2 is 1.92 bits per heavy atom. The van der Waals surface area contributed by atoms with E-state index in [2.05, 4.69) is 10.00 Å². The summed E-state index contributed by atoms with van der Waals surface area (Å²) in [6.07, 6.45) is 5.87. The standard InChI is InChI=1S/C19H24N4O2/c24-19(22-9-1-3-18(15-22)23-10-2-8-20-23)16-4-6-17(7-5-16)21-11-13-25-14-12-21/h2,4-8,10,18H,1,3,9,11-15H2/t18-/m0/s1. The quantitative estimate of drug-likeness (QED) is 0.859. The average molecular weight is 340 g/mol. The van der Waals surface area contributed by atoms with Gasteiger partial charge in [-0.05, 0) is 43.2 Å². The van der Waals surface area contributed by atoms with Crippen LogP contribution in [0.15, 0.2) is 42.7 Å². The fourth-order valence-electron chi connectivity index (χ4n) is 3.67. The molecule has 2 aliphatic rings. The van der Waals surface area contributed by atoms with Gasteiger partial charge < -0.3 is 14.5 Å². The van der Waals surface area contributed by atoms with Gasteiger partial charge in [0.1, 0.15) is 0 Å². The van der Waals surface area contributed by atoms with Crippen molar-refractivity contribution < 1.29 is 9.53 Å². The van der Waals surface area contributed by atoms with E-state index in [0.717, 1.165) is 63.5 Å². The summed E-state index contributed by atoms with van der Waals surface area (Å²) in [7, 11) is 0. The molecule has 2 fully saturated rings. The summed E-state index contributed by atoms with van der Waals surface area (Å²) in [5.41, 5.74) is 1.92. The maximum Gasteiger partial charge on any atom is 0.253 e. The fourth-order valence-corrected chi connectivity index (χ4v) is 3.67. The van der Waals surface area contributed by atoms with Gasteiger partial charge in [0, 0.05) is 49.8 Å². The Kier molecular flexibility index (Phi) is 4.70. The van der Waals surface area contributed by atoms with E-state index in [1.807, 2.05) is 46.1 Å². The molecule has 1 aromatic carbocycles. The zero-order valence-electron chi connectivity index (χ0n) is 14.4. The molecule has 0 bridgehead atoms. The molecule has 0 radical (unpaired) electrons. The Bertz CT molecular complexity index is 693. The molecule has 2 saturated heterocycles. The first-order valence-corrected chi connectivity index (χ1v) is 9.02. The number of morpholine rings is 1. The minimum Gasteiger partial charge on any atom is -0.378 e. The number of carbonyl (C=O) groups excluding carboxylic acids is 1. The third-order valence-corrected chi connectivity index (χ3v) is 5.07. The summed E-state index contributed by atoms with van der Waals surface area (Å²) in [4.78, 5) is 17.1. The zero-order chi connectivity index (χ0) is 17.1. The highest BCUT2D eigenvalue weighted by Gasteiger charge is 2.25. The molecule has 25 heavy (non-hydrogen) atoms. The van der Waals surface area contributed by atoms with E-state index < -0.39 is 0 Å². The van der Waals surface area contributed by atoms with Crippen LogP contribution in [0.5, 0.6) is 0 Å². The SMILES string of the molecule is O=C(c1ccc(N2CCOCC2)cc1)N1CCC[C@H](n2cccn2)C1. The Balaban J connectivity index is 1.43. The molecular formula is C19H24N4O2. The summed E-state index contributed by atoms with van der Waals surface area (Å²) in [5, 5.41) is 4.33. The van der Waals surface area contributed by atoms with Crippen molar-refractivity contribution in [3.05, 3.63) is 48.3 Å². The van der Waals surface area contributed by atoms with E-state index in [-0.39, 0.29) is 11.9 Å². The second kappa shape index (κ2) is 7.27. The summed E-state index contributed by atoms with van der Waals surface area (Å²) in [5.74, 6) is 0.116. The fraction of sp³-hybridized carbons (Fsp3) is 0.474. The molecular weight excluding hydrogens is 316 g/mol. The molecule has 4 rings (SSSR count). The molecule has 0 saturated carbocycles. The van der Waals surface area contributed by atoms with Crippen molar-refractivity contribution >= 4 is 11.6 Å². The Hall–Kier alpha value is -2.34. The van der Waals surface area contributed by atoms with Crippen molar-refractivity contribution in [3.8, 4) is 0 Å². The molecule has 6 nitrogen and oxygen atoms in total. The van der Waals surface area contributed by atoms with Gasteiger partial charge in [-0.1, -0.05) is 0 Å². The van der Waals surface area contributed by atoms with E-state index in [1.165, 1.54) is 0 Å². The maximum atomic E-state index is 12.9. The number of benzene rings is 1. The number of ether oxygens (including phenoxy) is 1. The molecule has 1 atom stereocenters. The lowest BCUT2D eigenvalue weighted by Gasteiger charge is -2.33. The van der Waals surface area contributed by atoms with Crippen LogP contribution in [0, 0.1) is 0 Å². The van der Waals surface area contributed by atoms with Crippen molar-refractivity contribution in [1.82, 2.24) is 14.7 Å². The average Bonchev–Trinajstić information content (AvgIpc) is 3.23. The van der Waals surface area contributed by atoms with E-state index >= 15 is 0 Å². The van der Waals surface area contributed by atoms with Crippen LogP contribution < -0.4 is 4.90 Å². The smallest absolute Gasteiger partial charge is 0.253 e.